The van der Waals surface area contributed by atoms with Crippen molar-refractivity contribution in [1.29, 1.82) is 0 Å². The fourth-order valence-corrected chi connectivity index (χ4v) is 1.94. The van der Waals surface area contributed by atoms with E-state index < -0.39 is 0 Å². The molecule has 0 bridgehead atoms. The number of H-pyrrole nitrogens is 1. The third-order valence-corrected chi connectivity index (χ3v) is 2.93. The molecule has 6 heteroatoms. The summed E-state index contributed by atoms with van der Waals surface area (Å²) >= 11 is 0. The molecule has 6 nitrogen and oxygen atoms in total. The quantitative estimate of drug-likeness (QED) is 0.761. The Balaban J connectivity index is 2.10. The number of aryl methyl sites for hydroxylation is 1. The van der Waals surface area contributed by atoms with Crippen molar-refractivity contribution in [2.75, 3.05) is 0 Å². The lowest BCUT2D eigenvalue weighted by atomic mass is 10.2. The van der Waals surface area contributed by atoms with Gasteiger partial charge in [-0.2, -0.15) is 0 Å². The van der Waals surface area contributed by atoms with Crippen LogP contribution in [-0.2, 0) is 13.0 Å². The van der Waals surface area contributed by atoms with E-state index in [-0.39, 0.29) is 11.1 Å². The highest BCUT2D eigenvalue weighted by Crippen LogP contribution is 2.07. The molecular formula is C13H13N5O. The topological polar surface area (TPSA) is 76.5 Å². The van der Waals surface area contributed by atoms with Crippen LogP contribution in [0.3, 0.4) is 0 Å². The lowest BCUT2D eigenvalue weighted by Crippen LogP contribution is -2.12. The van der Waals surface area contributed by atoms with Crippen molar-refractivity contribution in [2.45, 2.75) is 19.9 Å². The van der Waals surface area contributed by atoms with E-state index in [1.807, 2.05) is 37.3 Å². The van der Waals surface area contributed by atoms with Crippen LogP contribution in [0.1, 0.15) is 18.3 Å². The maximum Gasteiger partial charge on any atom is 0.281 e. The Hall–Kier alpha value is -2.50. The van der Waals surface area contributed by atoms with Gasteiger partial charge < -0.3 is 4.98 Å². The van der Waals surface area contributed by atoms with Crippen LogP contribution < -0.4 is 5.56 Å². The van der Waals surface area contributed by atoms with Gasteiger partial charge in [-0.25, -0.2) is 9.67 Å². The second-order valence-corrected chi connectivity index (χ2v) is 4.27. The van der Waals surface area contributed by atoms with E-state index in [2.05, 4.69) is 20.3 Å². The number of hydrogen-bond donors (Lipinski definition) is 1. The number of hydrogen-bond acceptors (Lipinski definition) is 4. The molecule has 0 unspecified atom stereocenters. The predicted octanol–water partition coefficient (Wildman–Crippen LogP) is 1.13. The van der Waals surface area contributed by atoms with Crippen molar-refractivity contribution in [2.24, 2.45) is 0 Å². The van der Waals surface area contributed by atoms with E-state index in [4.69, 9.17) is 0 Å². The first-order valence-electron chi connectivity index (χ1n) is 6.14. The van der Waals surface area contributed by atoms with Gasteiger partial charge in [-0.05, 0) is 5.56 Å². The summed E-state index contributed by atoms with van der Waals surface area (Å²) in [7, 11) is 0. The van der Waals surface area contributed by atoms with Crippen LogP contribution in [0.5, 0.6) is 0 Å². The molecule has 0 fully saturated rings. The summed E-state index contributed by atoms with van der Waals surface area (Å²) in [5, 5.41) is 7.91. The highest BCUT2D eigenvalue weighted by atomic mass is 16.1. The van der Waals surface area contributed by atoms with Crippen LogP contribution in [0.4, 0.5) is 0 Å². The number of nitrogens with one attached hydrogen (secondary N) is 1. The Kier molecular flexibility index (Phi) is 2.83. The summed E-state index contributed by atoms with van der Waals surface area (Å²) in [6, 6.07) is 9.89. The van der Waals surface area contributed by atoms with Gasteiger partial charge in [0.25, 0.3) is 5.56 Å². The molecule has 2 aromatic heterocycles. The number of aromatic amines is 1. The van der Waals surface area contributed by atoms with Crippen LogP contribution in [0, 0.1) is 0 Å². The molecule has 1 aromatic carbocycles. The van der Waals surface area contributed by atoms with E-state index in [1.165, 1.54) is 0 Å². The van der Waals surface area contributed by atoms with Crippen molar-refractivity contribution in [3.8, 4) is 0 Å². The van der Waals surface area contributed by atoms with Crippen LogP contribution in [0.2, 0.25) is 0 Å². The van der Waals surface area contributed by atoms with Gasteiger partial charge in [-0.15, -0.1) is 5.10 Å². The lowest BCUT2D eigenvalue weighted by molar-refractivity contribution is 0.662. The van der Waals surface area contributed by atoms with Crippen molar-refractivity contribution in [3.63, 3.8) is 0 Å². The smallest absolute Gasteiger partial charge is 0.281 e. The maximum absolute atomic E-state index is 11.8. The zero-order valence-electron chi connectivity index (χ0n) is 10.5. The fraction of sp³-hybridized carbons (Fsp3) is 0.231. The van der Waals surface area contributed by atoms with Gasteiger partial charge in [0.2, 0.25) is 0 Å². The molecule has 0 saturated heterocycles. The average Bonchev–Trinajstić information content (AvgIpc) is 2.83. The van der Waals surface area contributed by atoms with E-state index >= 15 is 0 Å². The molecule has 0 aliphatic carbocycles. The van der Waals surface area contributed by atoms with Crippen LogP contribution in [0.15, 0.2) is 35.1 Å². The Morgan fingerprint density at radius 2 is 2.05 bits per heavy atom. The highest BCUT2D eigenvalue weighted by molar-refractivity contribution is 5.68. The first kappa shape index (κ1) is 11.6. The van der Waals surface area contributed by atoms with Crippen molar-refractivity contribution < 1.29 is 0 Å². The summed E-state index contributed by atoms with van der Waals surface area (Å²) in [6.45, 7) is 2.49. The van der Waals surface area contributed by atoms with E-state index in [9.17, 15) is 4.79 Å². The minimum Gasteiger partial charge on any atom is -0.308 e. The van der Waals surface area contributed by atoms with Gasteiger partial charge in [-0.3, -0.25) is 4.79 Å². The predicted molar refractivity (Wildman–Crippen MR) is 70.9 cm³/mol. The van der Waals surface area contributed by atoms with Gasteiger partial charge in [0.15, 0.2) is 11.2 Å². The lowest BCUT2D eigenvalue weighted by Gasteiger charge is -2.02. The van der Waals surface area contributed by atoms with Gasteiger partial charge in [0, 0.05) is 6.42 Å². The molecule has 19 heavy (non-hydrogen) atoms. The summed E-state index contributed by atoms with van der Waals surface area (Å²) in [4.78, 5) is 18.9. The number of rotatable bonds is 3. The molecule has 3 aromatic rings. The molecule has 0 radical (unpaired) electrons. The molecule has 2 heterocycles. The summed E-state index contributed by atoms with van der Waals surface area (Å²) in [5.74, 6) is 0.647. The molecule has 0 aliphatic rings. The minimum atomic E-state index is -0.235. The molecule has 0 atom stereocenters. The molecule has 3 rings (SSSR count). The Bertz CT molecular complexity index is 760. The largest absolute Gasteiger partial charge is 0.308 e. The normalized spacial score (nSPS) is 11.0. The third kappa shape index (κ3) is 2.12. The zero-order chi connectivity index (χ0) is 13.2. The van der Waals surface area contributed by atoms with Crippen molar-refractivity contribution >= 4 is 11.2 Å². The maximum atomic E-state index is 11.8. The van der Waals surface area contributed by atoms with Crippen LogP contribution >= 0.6 is 0 Å². The van der Waals surface area contributed by atoms with E-state index in [0.717, 1.165) is 5.56 Å². The summed E-state index contributed by atoms with van der Waals surface area (Å²) in [5.41, 5.74) is 1.67. The Morgan fingerprint density at radius 3 is 2.79 bits per heavy atom. The molecule has 96 valence electrons. The number of benzene rings is 1. The van der Waals surface area contributed by atoms with Gasteiger partial charge >= 0.3 is 0 Å². The number of aromatic nitrogens is 5. The second kappa shape index (κ2) is 4.64. The molecule has 1 N–H and O–H groups in total. The SMILES string of the molecule is CCc1nc2c(nnn2Cc2ccccc2)c(=O)[nH]1. The Morgan fingerprint density at radius 1 is 1.26 bits per heavy atom. The Labute approximate surface area is 109 Å². The zero-order valence-corrected chi connectivity index (χ0v) is 10.5. The van der Waals surface area contributed by atoms with E-state index in [0.29, 0.717) is 24.4 Å². The standard InChI is InChI=1S/C13H13N5O/c1-2-10-14-12-11(13(19)15-10)16-17-18(12)8-9-6-4-3-5-7-9/h3-7H,2,8H2,1H3,(H,14,15,19). The second-order valence-electron chi connectivity index (χ2n) is 4.27. The van der Waals surface area contributed by atoms with Crippen molar-refractivity contribution in [1.82, 2.24) is 25.0 Å². The monoisotopic (exact) mass is 255 g/mol. The average molecular weight is 255 g/mol. The molecule has 0 amide bonds. The minimum absolute atomic E-state index is 0.235. The first-order chi connectivity index (χ1) is 9.28. The molecule has 0 spiro atoms. The van der Waals surface area contributed by atoms with Crippen LogP contribution in [-0.4, -0.2) is 25.0 Å². The van der Waals surface area contributed by atoms with Gasteiger partial charge in [0.05, 0.1) is 6.54 Å². The highest BCUT2D eigenvalue weighted by Gasteiger charge is 2.11. The van der Waals surface area contributed by atoms with Crippen LogP contribution in [0.25, 0.3) is 11.2 Å². The molecular weight excluding hydrogens is 242 g/mol. The van der Waals surface area contributed by atoms with Gasteiger partial charge in [0.1, 0.15) is 5.82 Å². The summed E-state index contributed by atoms with van der Waals surface area (Å²) in [6.07, 6.45) is 0.668. The molecule has 0 saturated carbocycles. The fourth-order valence-electron chi connectivity index (χ4n) is 1.94. The van der Waals surface area contributed by atoms with E-state index in [1.54, 1.807) is 4.68 Å². The van der Waals surface area contributed by atoms with Crippen molar-refractivity contribution in [3.05, 3.63) is 52.1 Å². The number of nitrogens with zero attached hydrogens (tertiary/aromatic N) is 4. The third-order valence-electron chi connectivity index (χ3n) is 2.93. The first-order valence-corrected chi connectivity index (χ1v) is 6.14. The summed E-state index contributed by atoms with van der Waals surface area (Å²) < 4.78 is 1.65. The molecule has 0 aliphatic heterocycles. The number of fused-ring (bicyclic) bond motifs is 1. The van der Waals surface area contributed by atoms with Gasteiger partial charge in [-0.1, -0.05) is 42.5 Å².